The summed E-state index contributed by atoms with van der Waals surface area (Å²) in [6.07, 6.45) is 3.49. The van der Waals surface area contributed by atoms with Gasteiger partial charge in [0.05, 0.1) is 11.9 Å². The third kappa shape index (κ3) is 3.35. The number of aromatic nitrogens is 1. The lowest BCUT2D eigenvalue weighted by atomic mass is 10.00. The molecule has 1 aliphatic heterocycles. The molecule has 0 saturated carbocycles. The predicted molar refractivity (Wildman–Crippen MR) is 72.4 cm³/mol. The van der Waals surface area contributed by atoms with Crippen LogP contribution in [0.4, 0.5) is 11.5 Å². The molecule has 19 heavy (non-hydrogen) atoms. The molecule has 0 radical (unpaired) electrons. The molecule has 0 bridgehead atoms. The van der Waals surface area contributed by atoms with Crippen molar-refractivity contribution < 1.29 is 14.6 Å². The summed E-state index contributed by atoms with van der Waals surface area (Å²) in [5.74, 6) is -0.0263. The number of nitrogens with two attached hydrogens (primary N) is 1. The Labute approximate surface area is 112 Å². The highest BCUT2D eigenvalue weighted by atomic mass is 16.5. The monoisotopic (exact) mass is 265 g/mol. The number of ether oxygens (including phenoxy) is 1. The molecule has 1 saturated heterocycles. The summed E-state index contributed by atoms with van der Waals surface area (Å²) in [6, 6.07) is 1.45. The molecule has 0 amide bonds. The van der Waals surface area contributed by atoms with Crippen molar-refractivity contribution >= 4 is 17.5 Å². The first-order chi connectivity index (χ1) is 9.08. The number of nitrogen functional groups attached to an aromatic ring is 1. The van der Waals surface area contributed by atoms with E-state index in [1.54, 1.807) is 0 Å². The van der Waals surface area contributed by atoms with Crippen LogP contribution in [0.3, 0.4) is 0 Å². The first-order valence-corrected chi connectivity index (χ1v) is 6.35. The Morgan fingerprint density at radius 2 is 2.26 bits per heavy atom. The second kappa shape index (κ2) is 5.88. The second-order valence-electron chi connectivity index (χ2n) is 4.88. The molecule has 0 spiro atoms. The van der Waals surface area contributed by atoms with E-state index in [0.29, 0.717) is 17.4 Å². The van der Waals surface area contributed by atoms with Crippen molar-refractivity contribution in [1.82, 2.24) is 4.98 Å². The topological polar surface area (TPSA) is 88.7 Å². The fourth-order valence-corrected chi connectivity index (χ4v) is 2.34. The van der Waals surface area contributed by atoms with Gasteiger partial charge in [0.1, 0.15) is 11.4 Å². The maximum atomic E-state index is 11.2. The van der Waals surface area contributed by atoms with E-state index in [0.717, 1.165) is 32.6 Å². The summed E-state index contributed by atoms with van der Waals surface area (Å²) in [4.78, 5) is 17.3. The first-order valence-electron chi connectivity index (χ1n) is 6.35. The maximum Gasteiger partial charge on any atom is 0.339 e. The third-order valence-corrected chi connectivity index (χ3v) is 3.35. The number of hydrogen-bond acceptors (Lipinski definition) is 5. The minimum absolute atomic E-state index is 0.148. The van der Waals surface area contributed by atoms with Crippen molar-refractivity contribution in [3.63, 3.8) is 0 Å². The number of anilines is 2. The highest BCUT2D eigenvalue weighted by molar-refractivity contribution is 5.94. The standard InChI is InChI=1S/C13H19N3O3/c1-16(8-9-2-4-19-5-3-9)12-11(13(17)18)6-10(14)7-15-12/h6-7,9H,2-5,8,14H2,1H3,(H,17,18). The van der Waals surface area contributed by atoms with Gasteiger partial charge in [-0.05, 0) is 24.8 Å². The SMILES string of the molecule is CN(CC1CCOCC1)c1ncc(N)cc1C(=O)O. The van der Waals surface area contributed by atoms with Gasteiger partial charge in [0.2, 0.25) is 0 Å². The van der Waals surface area contributed by atoms with Crippen molar-refractivity contribution in [2.24, 2.45) is 5.92 Å². The summed E-state index contributed by atoms with van der Waals surface area (Å²) >= 11 is 0. The Hall–Kier alpha value is -1.82. The zero-order valence-corrected chi connectivity index (χ0v) is 11.0. The molecule has 1 aliphatic rings. The van der Waals surface area contributed by atoms with Crippen LogP contribution in [0.25, 0.3) is 0 Å². The van der Waals surface area contributed by atoms with Gasteiger partial charge in [0.25, 0.3) is 0 Å². The zero-order valence-electron chi connectivity index (χ0n) is 11.0. The van der Waals surface area contributed by atoms with Crippen LogP contribution in [-0.2, 0) is 4.74 Å². The fraction of sp³-hybridized carbons (Fsp3) is 0.538. The van der Waals surface area contributed by atoms with Crippen LogP contribution >= 0.6 is 0 Å². The molecule has 0 atom stereocenters. The van der Waals surface area contributed by atoms with Gasteiger partial charge in [-0.1, -0.05) is 0 Å². The normalized spacial score (nSPS) is 16.3. The van der Waals surface area contributed by atoms with Crippen LogP contribution in [0.2, 0.25) is 0 Å². The molecule has 3 N–H and O–H groups in total. The Kier molecular flexibility index (Phi) is 4.21. The van der Waals surface area contributed by atoms with Crippen molar-refractivity contribution in [1.29, 1.82) is 0 Å². The molecule has 1 aromatic heterocycles. The molecule has 6 nitrogen and oxygen atoms in total. The van der Waals surface area contributed by atoms with Crippen molar-refractivity contribution in [3.8, 4) is 0 Å². The number of hydrogen-bond donors (Lipinski definition) is 2. The number of carboxylic acids is 1. The Morgan fingerprint density at radius 3 is 2.89 bits per heavy atom. The Bertz CT molecular complexity index is 458. The second-order valence-corrected chi connectivity index (χ2v) is 4.88. The Balaban J connectivity index is 2.13. The van der Waals surface area contributed by atoms with Crippen molar-refractivity contribution in [2.45, 2.75) is 12.8 Å². The van der Waals surface area contributed by atoms with Gasteiger partial charge in [0, 0.05) is 26.8 Å². The number of carboxylic acid groups (broad SMARTS) is 1. The average Bonchev–Trinajstić information content (AvgIpc) is 2.39. The summed E-state index contributed by atoms with van der Waals surface area (Å²) < 4.78 is 5.32. The van der Waals surface area contributed by atoms with Crippen LogP contribution in [-0.4, -0.2) is 42.9 Å². The summed E-state index contributed by atoms with van der Waals surface area (Å²) in [5.41, 5.74) is 6.10. The van der Waals surface area contributed by atoms with Gasteiger partial charge in [-0.25, -0.2) is 9.78 Å². The average molecular weight is 265 g/mol. The van der Waals surface area contributed by atoms with Crippen LogP contribution in [0.5, 0.6) is 0 Å². The molecule has 2 rings (SSSR count). The van der Waals surface area contributed by atoms with Crippen LogP contribution in [0.1, 0.15) is 23.2 Å². The molecular formula is C13H19N3O3. The van der Waals surface area contributed by atoms with Crippen LogP contribution in [0.15, 0.2) is 12.3 Å². The minimum atomic E-state index is -1.01. The predicted octanol–water partition coefficient (Wildman–Crippen LogP) is 1.22. The molecule has 1 fully saturated rings. The number of aromatic carboxylic acids is 1. The van der Waals surface area contributed by atoms with E-state index in [9.17, 15) is 9.90 Å². The molecule has 0 aromatic carbocycles. The van der Waals surface area contributed by atoms with Crippen molar-refractivity contribution in [3.05, 3.63) is 17.8 Å². The molecule has 0 unspecified atom stereocenters. The van der Waals surface area contributed by atoms with E-state index in [4.69, 9.17) is 10.5 Å². The van der Waals surface area contributed by atoms with E-state index in [-0.39, 0.29) is 5.56 Å². The van der Waals surface area contributed by atoms with Gasteiger partial charge in [-0.2, -0.15) is 0 Å². The Morgan fingerprint density at radius 1 is 1.58 bits per heavy atom. The molecule has 1 aromatic rings. The molecule has 2 heterocycles. The summed E-state index contributed by atoms with van der Waals surface area (Å²) in [6.45, 7) is 2.33. The van der Waals surface area contributed by atoms with Crippen molar-refractivity contribution in [2.75, 3.05) is 37.4 Å². The molecule has 6 heteroatoms. The number of rotatable bonds is 4. The van der Waals surface area contributed by atoms with Gasteiger partial charge in [-0.15, -0.1) is 0 Å². The number of nitrogens with zero attached hydrogens (tertiary/aromatic N) is 2. The first kappa shape index (κ1) is 13.6. The lowest BCUT2D eigenvalue weighted by molar-refractivity contribution is 0.0677. The quantitative estimate of drug-likeness (QED) is 0.851. The van der Waals surface area contributed by atoms with E-state index < -0.39 is 5.97 Å². The maximum absolute atomic E-state index is 11.2. The van der Waals surface area contributed by atoms with Crippen LogP contribution < -0.4 is 10.6 Å². The van der Waals surface area contributed by atoms with E-state index in [1.807, 2.05) is 11.9 Å². The lowest BCUT2D eigenvalue weighted by Crippen LogP contribution is -2.31. The fourth-order valence-electron chi connectivity index (χ4n) is 2.34. The third-order valence-electron chi connectivity index (χ3n) is 3.35. The number of carbonyl (C=O) groups is 1. The molecule has 0 aliphatic carbocycles. The van der Waals surface area contributed by atoms with E-state index in [1.165, 1.54) is 12.3 Å². The van der Waals surface area contributed by atoms with Gasteiger partial charge in [0.15, 0.2) is 0 Å². The van der Waals surface area contributed by atoms with Crippen LogP contribution in [0, 0.1) is 5.92 Å². The summed E-state index contributed by atoms with van der Waals surface area (Å²) in [7, 11) is 1.86. The largest absolute Gasteiger partial charge is 0.478 e. The van der Waals surface area contributed by atoms with E-state index in [2.05, 4.69) is 4.98 Å². The van der Waals surface area contributed by atoms with Gasteiger partial charge < -0.3 is 20.5 Å². The smallest absolute Gasteiger partial charge is 0.339 e. The zero-order chi connectivity index (χ0) is 13.8. The summed E-state index contributed by atoms with van der Waals surface area (Å²) in [5, 5.41) is 9.20. The van der Waals surface area contributed by atoms with Gasteiger partial charge >= 0.3 is 5.97 Å². The minimum Gasteiger partial charge on any atom is -0.478 e. The highest BCUT2D eigenvalue weighted by Crippen LogP contribution is 2.22. The lowest BCUT2D eigenvalue weighted by Gasteiger charge is -2.28. The highest BCUT2D eigenvalue weighted by Gasteiger charge is 2.20. The molecular weight excluding hydrogens is 246 g/mol. The van der Waals surface area contributed by atoms with E-state index >= 15 is 0 Å². The van der Waals surface area contributed by atoms with Gasteiger partial charge in [-0.3, -0.25) is 0 Å². The number of pyridine rings is 1. The molecule has 104 valence electrons.